The fourth-order valence-corrected chi connectivity index (χ4v) is 9.83. The van der Waals surface area contributed by atoms with Crippen molar-refractivity contribution >= 4 is 17.9 Å². The highest BCUT2D eigenvalue weighted by Gasteiger charge is 2.19. The summed E-state index contributed by atoms with van der Waals surface area (Å²) >= 11 is 0. The van der Waals surface area contributed by atoms with Gasteiger partial charge in [-0.1, -0.05) is 315 Å². The first-order chi connectivity index (χ1) is 35.5. The van der Waals surface area contributed by atoms with E-state index in [-0.39, 0.29) is 31.1 Å². The summed E-state index contributed by atoms with van der Waals surface area (Å²) in [4.78, 5) is 38.3. The quantitative estimate of drug-likeness (QED) is 0.0261. The molecule has 0 radical (unpaired) electrons. The van der Waals surface area contributed by atoms with Crippen LogP contribution in [0.25, 0.3) is 0 Å². The number of allylic oxidation sites excluding steroid dienone is 4. The molecule has 0 bridgehead atoms. The minimum Gasteiger partial charge on any atom is -0.462 e. The molecule has 0 aromatic carbocycles. The predicted octanol–water partition coefficient (Wildman–Crippen LogP) is 21.8. The monoisotopic (exact) mass is 1010 g/mol. The lowest BCUT2D eigenvalue weighted by Gasteiger charge is -2.18. The molecule has 0 fully saturated rings. The van der Waals surface area contributed by atoms with E-state index < -0.39 is 6.10 Å². The van der Waals surface area contributed by atoms with Crippen LogP contribution < -0.4 is 0 Å². The van der Waals surface area contributed by atoms with Gasteiger partial charge in [0.1, 0.15) is 13.2 Å². The maximum atomic E-state index is 12.9. The highest BCUT2D eigenvalue weighted by Crippen LogP contribution is 2.18. The summed E-state index contributed by atoms with van der Waals surface area (Å²) in [6.45, 7) is 6.69. The van der Waals surface area contributed by atoms with Crippen LogP contribution >= 0.6 is 0 Å². The molecule has 0 heterocycles. The molecule has 0 rings (SSSR count). The van der Waals surface area contributed by atoms with Gasteiger partial charge in [-0.15, -0.1) is 0 Å². The molecule has 0 saturated carbocycles. The van der Waals surface area contributed by atoms with E-state index in [0.29, 0.717) is 19.3 Å². The zero-order valence-corrected chi connectivity index (χ0v) is 48.7. The van der Waals surface area contributed by atoms with Crippen molar-refractivity contribution in [2.24, 2.45) is 0 Å². The molecular formula is C66H124O6. The van der Waals surface area contributed by atoms with Crippen molar-refractivity contribution in [2.75, 3.05) is 13.2 Å². The topological polar surface area (TPSA) is 78.9 Å². The van der Waals surface area contributed by atoms with Gasteiger partial charge in [0.05, 0.1) is 0 Å². The minimum atomic E-state index is -0.771. The van der Waals surface area contributed by atoms with Crippen molar-refractivity contribution in [1.29, 1.82) is 0 Å². The van der Waals surface area contributed by atoms with E-state index in [4.69, 9.17) is 14.2 Å². The van der Waals surface area contributed by atoms with E-state index in [9.17, 15) is 14.4 Å². The molecule has 0 aliphatic rings. The Morgan fingerprint density at radius 1 is 0.278 bits per heavy atom. The van der Waals surface area contributed by atoms with Gasteiger partial charge in [-0.2, -0.15) is 0 Å². The lowest BCUT2D eigenvalue weighted by Crippen LogP contribution is -2.30. The van der Waals surface area contributed by atoms with Crippen LogP contribution in [0.5, 0.6) is 0 Å². The average Bonchev–Trinajstić information content (AvgIpc) is 3.38. The number of rotatable bonds is 60. The van der Waals surface area contributed by atoms with Crippen LogP contribution in [-0.2, 0) is 28.6 Å². The highest BCUT2D eigenvalue weighted by atomic mass is 16.6. The Labute approximate surface area is 449 Å². The predicted molar refractivity (Wildman–Crippen MR) is 312 cm³/mol. The van der Waals surface area contributed by atoms with E-state index in [1.165, 1.54) is 250 Å². The number of carbonyl (C=O) groups excluding carboxylic acids is 3. The maximum absolute atomic E-state index is 12.9. The maximum Gasteiger partial charge on any atom is 0.306 e. The SMILES string of the molecule is CCCCCC/C=C\C/C=C\CCCCCCCCCC(=O)OC(COC(=O)CCCCCCCCCCCCCCCC)COC(=O)CCCCCCCCCCCCCCCCCCCCCCCC. The zero-order valence-electron chi connectivity index (χ0n) is 48.7. The van der Waals surface area contributed by atoms with Gasteiger partial charge in [0.2, 0.25) is 0 Å². The van der Waals surface area contributed by atoms with E-state index in [1.807, 2.05) is 0 Å². The molecule has 6 nitrogen and oxygen atoms in total. The van der Waals surface area contributed by atoms with Gasteiger partial charge in [-0.3, -0.25) is 14.4 Å². The Kier molecular flexibility index (Phi) is 59.6. The summed E-state index contributed by atoms with van der Waals surface area (Å²) in [6.07, 6.45) is 73.2. The van der Waals surface area contributed by atoms with E-state index in [0.717, 1.165) is 70.6 Å². The molecule has 1 unspecified atom stereocenters. The van der Waals surface area contributed by atoms with Gasteiger partial charge < -0.3 is 14.2 Å². The summed E-state index contributed by atoms with van der Waals surface area (Å²) in [7, 11) is 0. The molecule has 0 amide bonds. The number of carbonyl (C=O) groups is 3. The van der Waals surface area contributed by atoms with Crippen molar-refractivity contribution in [2.45, 2.75) is 367 Å². The summed E-state index contributed by atoms with van der Waals surface area (Å²) in [5, 5.41) is 0. The fourth-order valence-electron chi connectivity index (χ4n) is 9.83. The summed E-state index contributed by atoms with van der Waals surface area (Å²) in [6, 6.07) is 0. The molecule has 424 valence electrons. The number of esters is 3. The molecule has 72 heavy (non-hydrogen) atoms. The average molecular weight is 1010 g/mol. The first-order valence-electron chi connectivity index (χ1n) is 32.3. The first-order valence-corrected chi connectivity index (χ1v) is 32.3. The van der Waals surface area contributed by atoms with Crippen LogP contribution in [0.2, 0.25) is 0 Å². The molecular weight excluding hydrogens is 889 g/mol. The Morgan fingerprint density at radius 3 is 0.778 bits per heavy atom. The van der Waals surface area contributed by atoms with Crippen LogP contribution in [0.4, 0.5) is 0 Å². The summed E-state index contributed by atoms with van der Waals surface area (Å²) < 4.78 is 16.9. The molecule has 0 saturated heterocycles. The van der Waals surface area contributed by atoms with Crippen molar-refractivity contribution in [3.05, 3.63) is 24.3 Å². The lowest BCUT2D eigenvalue weighted by atomic mass is 10.0. The van der Waals surface area contributed by atoms with Crippen LogP contribution in [0, 0.1) is 0 Å². The van der Waals surface area contributed by atoms with Gasteiger partial charge in [-0.25, -0.2) is 0 Å². The van der Waals surface area contributed by atoms with Gasteiger partial charge in [0.15, 0.2) is 6.10 Å². The third-order valence-electron chi connectivity index (χ3n) is 14.7. The first kappa shape index (κ1) is 69.9. The Bertz CT molecular complexity index is 1160. The third kappa shape index (κ3) is 58.8. The number of unbranched alkanes of at least 4 members (excludes halogenated alkanes) is 45. The van der Waals surface area contributed by atoms with Crippen molar-refractivity contribution in [1.82, 2.24) is 0 Å². The second-order valence-electron chi connectivity index (χ2n) is 22.0. The molecule has 1 atom stereocenters. The van der Waals surface area contributed by atoms with Gasteiger partial charge >= 0.3 is 17.9 Å². The van der Waals surface area contributed by atoms with Crippen molar-refractivity contribution in [3.8, 4) is 0 Å². The summed E-state index contributed by atoms with van der Waals surface area (Å²) in [5.41, 5.74) is 0. The summed E-state index contributed by atoms with van der Waals surface area (Å²) in [5.74, 6) is -0.848. The van der Waals surface area contributed by atoms with Crippen LogP contribution in [0.3, 0.4) is 0 Å². The second kappa shape index (κ2) is 61.4. The Balaban J connectivity index is 4.28. The molecule has 0 aliphatic heterocycles. The van der Waals surface area contributed by atoms with Gasteiger partial charge in [-0.05, 0) is 51.4 Å². The van der Waals surface area contributed by atoms with E-state index in [1.54, 1.807) is 0 Å². The number of hydrogen-bond donors (Lipinski definition) is 0. The van der Waals surface area contributed by atoms with Gasteiger partial charge in [0, 0.05) is 19.3 Å². The van der Waals surface area contributed by atoms with E-state index in [2.05, 4.69) is 45.1 Å². The second-order valence-corrected chi connectivity index (χ2v) is 22.0. The lowest BCUT2D eigenvalue weighted by molar-refractivity contribution is -0.167. The molecule has 0 aromatic heterocycles. The smallest absolute Gasteiger partial charge is 0.306 e. The van der Waals surface area contributed by atoms with Crippen molar-refractivity contribution < 1.29 is 28.6 Å². The molecule has 0 spiro atoms. The Morgan fingerprint density at radius 2 is 0.500 bits per heavy atom. The normalized spacial score (nSPS) is 12.1. The fraction of sp³-hybridized carbons (Fsp3) is 0.894. The van der Waals surface area contributed by atoms with Crippen LogP contribution in [0.15, 0.2) is 24.3 Å². The zero-order chi connectivity index (χ0) is 52.2. The molecule has 0 aromatic rings. The van der Waals surface area contributed by atoms with Gasteiger partial charge in [0.25, 0.3) is 0 Å². The molecule has 0 aliphatic carbocycles. The van der Waals surface area contributed by atoms with Crippen LogP contribution in [-0.4, -0.2) is 37.2 Å². The number of ether oxygens (including phenoxy) is 3. The molecule has 6 heteroatoms. The van der Waals surface area contributed by atoms with Crippen LogP contribution in [0.1, 0.15) is 361 Å². The largest absolute Gasteiger partial charge is 0.462 e. The third-order valence-corrected chi connectivity index (χ3v) is 14.7. The molecule has 0 N–H and O–H groups in total. The van der Waals surface area contributed by atoms with Crippen molar-refractivity contribution in [3.63, 3.8) is 0 Å². The number of hydrogen-bond acceptors (Lipinski definition) is 6. The highest BCUT2D eigenvalue weighted by molar-refractivity contribution is 5.71. The van der Waals surface area contributed by atoms with E-state index >= 15 is 0 Å². The Hall–Kier alpha value is -2.11. The minimum absolute atomic E-state index is 0.0684. The standard InChI is InChI=1S/C66H124O6/c1-4-7-10-13-16-19-22-25-28-30-32-33-34-35-37-38-41-44-47-50-53-56-59-65(68)71-62-63(61-70-64(67)58-55-52-49-46-43-40-27-24-21-18-15-12-9-6-3)72-66(69)60-57-54-51-48-45-42-39-36-31-29-26-23-20-17-14-11-8-5-2/h20,23,29,31,63H,4-19,21-22,24-28,30,32-62H2,1-3H3/b23-20-,31-29-.